The van der Waals surface area contributed by atoms with Crippen molar-refractivity contribution in [3.05, 3.63) is 12.0 Å². The van der Waals surface area contributed by atoms with E-state index in [1.54, 1.807) is 18.0 Å². The van der Waals surface area contributed by atoms with Crippen molar-refractivity contribution >= 4 is 11.8 Å². The lowest BCUT2D eigenvalue weighted by Gasteiger charge is -2.07. The van der Waals surface area contributed by atoms with Gasteiger partial charge in [0.25, 0.3) is 5.22 Å². The first-order valence-electron chi connectivity index (χ1n) is 5.68. The molecule has 1 aromatic rings. The Morgan fingerprint density at radius 3 is 3.25 bits per heavy atom. The van der Waals surface area contributed by atoms with Gasteiger partial charge in [-0.1, -0.05) is 11.8 Å². The number of thioether (sulfide) groups is 1. The van der Waals surface area contributed by atoms with E-state index in [9.17, 15) is 0 Å². The minimum atomic E-state index is 0.703. The number of ether oxygens (including phenoxy) is 1. The Bertz CT molecular complexity index is 311. The maximum Gasteiger partial charge on any atom is 0.255 e. The Morgan fingerprint density at radius 2 is 2.56 bits per heavy atom. The van der Waals surface area contributed by atoms with Crippen molar-refractivity contribution < 1.29 is 9.15 Å². The van der Waals surface area contributed by atoms with Gasteiger partial charge in [-0.25, -0.2) is 4.98 Å². The zero-order valence-electron chi connectivity index (χ0n) is 9.57. The number of nitrogens with one attached hydrogen (secondary N) is 1. The third-order valence-electron chi connectivity index (χ3n) is 2.56. The molecule has 4 nitrogen and oxygen atoms in total. The van der Waals surface area contributed by atoms with Crippen molar-refractivity contribution in [1.82, 2.24) is 10.3 Å². The molecule has 0 aliphatic carbocycles. The molecule has 0 amide bonds. The molecule has 1 fully saturated rings. The van der Waals surface area contributed by atoms with Crippen LogP contribution in [0.1, 0.15) is 12.1 Å². The second-order valence-electron chi connectivity index (χ2n) is 4.04. The highest BCUT2D eigenvalue weighted by molar-refractivity contribution is 7.99. The first-order valence-corrected chi connectivity index (χ1v) is 6.66. The monoisotopic (exact) mass is 242 g/mol. The lowest BCUT2D eigenvalue weighted by molar-refractivity contribution is 0.185. The van der Waals surface area contributed by atoms with Crippen LogP contribution in [0.2, 0.25) is 0 Å². The van der Waals surface area contributed by atoms with E-state index in [4.69, 9.17) is 9.15 Å². The number of rotatable bonds is 6. The number of nitrogens with zero attached hydrogens (tertiary/aromatic N) is 1. The average molecular weight is 242 g/mol. The van der Waals surface area contributed by atoms with Gasteiger partial charge in [0.1, 0.15) is 6.26 Å². The first kappa shape index (κ1) is 12.0. The maximum atomic E-state index is 5.32. The zero-order chi connectivity index (χ0) is 11.2. The van der Waals surface area contributed by atoms with Gasteiger partial charge in [-0.15, -0.1) is 0 Å². The molecule has 0 bridgehead atoms. The smallest absolute Gasteiger partial charge is 0.255 e. The lowest BCUT2D eigenvalue weighted by atomic mass is 10.1. The molecule has 1 saturated heterocycles. The Balaban J connectivity index is 1.51. The molecule has 1 aliphatic heterocycles. The minimum Gasteiger partial charge on any atom is -0.440 e. The van der Waals surface area contributed by atoms with Crippen LogP contribution in [0.25, 0.3) is 0 Å². The summed E-state index contributed by atoms with van der Waals surface area (Å²) in [5, 5.41) is 4.20. The van der Waals surface area contributed by atoms with Gasteiger partial charge >= 0.3 is 0 Å². The summed E-state index contributed by atoms with van der Waals surface area (Å²) in [5.41, 5.74) is 0.943. The molecule has 1 unspecified atom stereocenters. The van der Waals surface area contributed by atoms with Gasteiger partial charge in [-0.05, 0) is 19.3 Å². The second-order valence-corrected chi connectivity index (χ2v) is 5.08. The van der Waals surface area contributed by atoms with Crippen LogP contribution in [0.15, 0.2) is 15.9 Å². The lowest BCUT2D eigenvalue weighted by Crippen LogP contribution is -2.25. The van der Waals surface area contributed by atoms with E-state index in [2.05, 4.69) is 10.3 Å². The van der Waals surface area contributed by atoms with Crippen LogP contribution in [0.3, 0.4) is 0 Å². The SMILES string of the molecule is Cc1coc(SCCNCC2CCOC2)n1. The Kier molecular flexibility index (Phi) is 4.69. The molecular formula is C11H18N2O2S. The third-order valence-corrected chi connectivity index (χ3v) is 3.40. The molecule has 0 saturated carbocycles. The van der Waals surface area contributed by atoms with Crippen LogP contribution in [0.4, 0.5) is 0 Å². The van der Waals surface area contributed by atoms with E-state index in [1.165, 1.54) is 6.42 Å². The Morgan fingerprint density at radius 1 is 1.62 bits per heavy atom. The van der Waals surface area contributed by atoms with E-state index >= 15 is 0 Å². The van der Waals surface area contributed by atoms with Gasteiger partial charge < -0.3 is 14.5 Å². The van der Waals surface area contributed by atoms with E-state index in [0.29, 0.717) is 5.92 Å². The van der Waals surface area contributed by atoms with Crippen LogP contribution < -0.4 is 5.32 Å². The molecule has 0 radical (unpaired) electrons. The van der Waals surface area contributed by atoms with Crippen LogP contribution >= 0.6 is 11.8 Å². The topological polar surface area (TPSA) is 47.3 Å². The summed E-state index contributed by atoms with van der Waals surface area (Å²) < 4.78 is 10.6. The molecule has 1 aliphatic rings. The van der Waals surface area contributed by atoms with Crippen molar-refractivity contribution in [1.29, 1.82) is 0 Å². The normalized spacial score (nSPS) is 20.4. The molecule has 0 aromatic carbocycles. The molecule has 16 heavy (non-hydrogen) atoms. The molecular weight excluding hydrogens is 224 g/mol. The van der Waals surface area contributed by atoms with Gasteiger partial charge in [0.05, 0.1) is 12.3 Å². The highest BCUT2D eigenvalue weighted by Crippen LogP contribution is 2.16. The standard InChI is InChI=1S/C11H18N2O2S/c1-9-7-15-11(13-9)16-5-3-12-6-10-2-4-14-8-10/h7,10,12H,2-6,8H2,1H3. The zero-order valence-corrected chi connectivity index (χ0v) is 10.4. The van der Waals surface area contributed by atoms with Gasteiger partial charge in [0.2, 0.25) is 0 Å². The van der Waals surface area contributed by atoms with Crippen molar-refractivity contribution in [2.45, 2.75) is 18.6 Å². The molecule has 1 N–H and O–H groups in total. The highest BCUT2D eigenvalue weighted by Gasteiger charge is 2.14. The van der Waals surface area contributed by atoms with Crippen LogP contribution in [-0.2, 0) is 4.74 Å². The number of aryl methyl sites for hydroxylation is 1. The van der Waals surface area contributed by atoms with E-state index < -0.39 is 0 Å². The number of oxazole rings is 1. The number of hydrogen-bond acceptors (Lipinski definition) is 5. The van der Waals surface area contributed by atoms with Crippen LogP contribution in [0, 0.1) is 12.8 Å². The van der Waals surface area contributed by atoms with E-state index in [1.807, 2.05) is 6.92 Å². The molecule has 1 atom stereocenters. The van der Waals surface area contributed by atoms with Crippen molar-refractivity contribution in [3.8, 4) is 0 Å². The Labute approximate surface area is 100 Å². The summed E-state index contributed by atoms with van der Waals surface area (Å²) >= 11 is 1.65. The number of hydrogen-bond donors (Lipinski definition) is 1. The number of aromatic nitrogens is 1. The predicted octanol–water partition coefficient (Wildman–Crippen LogP) is 1.70. The Hall–Kier alpha value is -0.520. The summed E-state index contributed by atoms with van der Waals surface area (Å²) in [6, 6.07) is 0. The molecule has 2 heterocycles. The van der Waals surface area contributed by atoms with E-state index in [-0.39, 0.29) is 0 Å². The maximum absolute atomic E-state index is 5.32. The van der Waals surface area contributed by atoms with Crippen molar-refractivity contribution in [2.24, 2.45) is 5.92 Å². The fourth-order valence-corrected chi connectivity index (χ4v) is 2.41. The molecule has 90 valence electrons. The second kappa shape index (κ2) is 6.27. The molecule has 1 aromatic heterocycles. The fraction of sp³-hybridized carbons (Fsp3) is 0.727. The molecule has 2 rings (SSSR count). The van der Waals surface area contributed by atoms with Gasteiger partial charge in [-0.3, -0.25) is 0 Å². The van der Waals surface area contributed by atoms with Crippen molar-refractivity contribution in [3.63, 3.8) is 0 Å². The van der Waals surface area contributed by atoms with Crippen LogP contribution in [-0.4, -0.2) is 37.0 Å². The predicted molar refractivity (Wildman–Crippen MR) is 63.8 cm³/mol. The average Bonchev–Trinajstić information content (AvgIpc) is 2.89. The van der Waals surface area contributed by atoms with Crippen molar-refractivity contribution in [2.75, 3.05) is 32.1 Å². The summed E-state index contributed by atoms with van der Waals surface area (Å²) in [7, 11) is 0. The highest BCUT2D eigenvalue weighted by atomic mass is 32.2. The quantitative estimate of drug-likeness (QED) is 0.608. The molecule has 5 heteroatoms. The van der Waals surface area contributed by atoms with E-state index in [0.717, 1.165) is 43.0 Å². The van der Waals surface area contributed by atoms with Gasteiger partial charge in [0.15, 0.2) is 0 Å². The van der Waals surface area contributed by atoms with Crippen LogP contribution in [0.5, 0.6) is 0 Å². The van der Waals surface area contributed by atoms with Gasteiger partial charge in [-0.2, -0.15) is 0 Å². The first-order chi connectivity index (χ1) is 7.84. The largest absolute Gasteiger partial charge is 0.440 e. The summed E-state index contributed by atoms with van der Waals surface area (Å²) in [5.74, 6) is 1.70. The van der Waals surface area contributed by atoms with Gasteiger partial charge in [0, 0.05) is 25.4 Å². The summed E-state index contributed by atoms with van der Waals surface area (Å²) in [4.78, 5) is 4.23. The summed E-state index contributed by atoms with van der Waals surface area (Å²) in [6.45, 7) is 5.83. The molecule has 0 spiro atoms. The third kappa shape index (κ3) is 3.81. The fourth-order valence-electron chi connectivity index (χ4n) is 1.66. The minimum absolute atomic E-state index is 0.703. The summed E-state index contributed by atoms with van der Waals surface area (Å²) in [6.07, 6.45) is 2.88.